The van der Waals surface area contributed by atoms with Gasteiger partial charge in [-0.15, -0.1) is 0 Å². The number of carbonyl (C=O) groups is 1. The van der Waals surface area contributed by atoms with Crippen LogP contribution in [0.2, 0.25) is 0 Å². The Morgan fingerprint density at radius 1 is 1.11 bits per heavy atom. The Morgan fingerprint density at radius 2 is 1.78 bits per heavy atom. The van der Waals surface area contributed by atoms with Gasteiger partial charge in [0.25, 0.3) is 0 Å². The van der Waals surface area contributed by atoms with Crippen molar-refractivity contribution >= 4 is 15.9 Å². The molecular formula is C20H31N3O3S. The van der Waals surface area contributed by atoms with E-state index in [2.05, 4.69) is 9.62 Å². The highest BCUT2D eigenvalue weighted by atomic mass is 32.2. The number of benzene rings is 1. The maximum Gasteiger partial charge on any atom is 0.240 e. The zero-order valence-corrected chi connectivity index (χ0v) is 17.2. The summed E-state index contributed by atoms with van der Waals surface area (Å²) in [6.07, 6.45) is 5.42. The number of hydrogen-bond donors (Lipinski definition) is 1. The van der Waals surface area contributed by atoms with Gasteiger partial charge in [-0.1, -0.05) is 30.5 Å². The molecule has 7 heteroatoms. The molecule has 1 saturated heterocycles. The molecule has 1 heterocycles. The summed E-state index contributed by atoms with van der Waals surface area (Å²) in [5, 5.41) is 0. The molecule has 0 atom stereocenters. The van der Waals surface area contributed by atoms with E-state index in [9.17, 15) is 13.2 Å². The van der Waals surface area contributed by atoms with Gasteiger partial charge in [0.1, 0.15) is 0 Å². The van der Waals surface area contributed by atoms with E-state index in [0.29, 0.717) is 6.04 Å². The zero-order valence-electron chi connectivity index (χ0n) is 16.4. The van der Waals surface area contributed by atoms with Crippen molar-refractivity contribution in [2.45, 2.75) is 56.9 Å². The van der Waals surface area contributed by atoms with Crippen LogP contribution >= 0.6 is 0 Å². The highest BCUT2D eigenvalue weighted by molar-refractivity contribution is 7.89. The summed E-state index contributed by atoms with van der Waals surface area (Å²) >= 11 is 0. The lowest BCUT2D eigenvalue weighted by Gasteiger charge is -2.38. The molecule has 1 aromatic rings. The molecule has 1 aliphatic carbocycles. The largest absolute Gasteiger partial charge is 0.340 e. The number of rotatable bonds is 6. The second-order valence-corrected chi connectivity index (χ2v) is 9.51. The fourth-order valence-corrected chi connectivity index (χ4v) is 5.49. The Labute approximate surface area is 163 Å². The molecule has 0 unspecified atom stereocenters. The van der Waals surface area contributed by atoms with Crippen molar-refractivity contribution in [1.82, 2.24) is 14.5 Å². The van der Waals surface area contributed by atoms with Crippen LogP contribution in [0.25, 0.3) is 0 Å². The maximum atomic E-state index is 12.5. The SMILES string of the molecule is Cc1ccc(S(=O)(=O)NCCC(=O)N2CCN(C3CCCC3)CC2)c(C)c1. The minimum absolute atomic E-state index is 0.0319. The molecule has 2 aliphatic rings. The Hall–Kier alpha value is -1.44. The molecule has 1 aromatic carbocycles. The molecule has 6 nitrogen and oxygen atoms in total. The van der Waals surface area contributed by atoms with E-state index in [1.54, 1.807) is 19.1 Å². The molecule has 1 aliphatic heterocycles. The highest BCUT2D eigenvalue weighted by Crippen LogP contribution is 2.24. The molecule has 1 amide bonds. The lowest BCUT2D eigenvalue weighted by atomic mass is 10.1. The van der Waals surface area contributed by atoms with Gasteiger partial charge >= 0.3 is 0 Å². The first-order chi connectivity index (χ1) is 12.9. The van der Waals surface area contributed by atoms with Gasteiger partial charge in [-0.25, -0.2) is 13.1 Å². The van der Waals surface area contributed by atoms with Gasteiger partial charge < -0.3 is 4.90 Å². The number of amides is 1. The molecule has 3 rings (SSSR count). The summed E-state index contributed by atoms with van der Waals surface area (Å²) in [6, 6.07) is 5.96. The molecular weight excluding hydrogens is 362 g/mol. The van der Waals surface area contributed by atoms with Gasteiger partial charge in [0.2, 0.25) is 15.9 Å². The van der Waals surface area contributed by atoms with Crippen LogP contribution in [-0.4, -0.2) is 62.9 Å². The fourth-order valence-electron chi connectivity index (χ4n) is 4.23. The van der Waals surface area contributed by atoms with E-state index < -0.39 is 10.0 Å². The quantitative estimate of drug-likeness (QED) is 0.803. The molecule has 2 fully saturated rings. The van der Waals surface area contributed by atoms with Crippen LogP contribution in [0.15, 0.2) is 23.1 Å². The first-order valence-corrected chi connectivity index (χ1v) is 11.4. The van der Waals surface area contributed by atoms with Crippen molar-refractivity contribution in [3.05, 3.63) is 29.3 Å². The van der Waals surface area contributed by atoms with Crippen molar-refractivity contribution < 1.29 is 13.2 Å². The number of nitrogens with one attached hydrogen (secondary N) is 1. The zero-order chi connectivity index (χ0) is 19.4. The first kappa shape index (κ1) is 20.3. The average molecular weight is 394 g/mol. The third-order valence-electron chi connectivity index (χ3n) is 5.76. The predicted octanol–water partition coefficient (Wildman–Crippen LogP) is 2.06. The normalized spacial score (nSPS) is 19.6. The van der Waals surface area contributed by atoms with Crippen molar-refractivity contribution in [3.8, 4) is 0 Å². The Morgan fingerprint density at radius 3 is 2.41 bits per heavy atom. The summed E-state index contributed by atoms with van der Waals surface area (Å²) in [4.78, 5) is 17.1. The van der Waals surface area contributed by atoms with Gasteiger partial charge in [0.15, 0.2) is 0 Å². The van der Waals surface area contributed by atoms with E-state index in [0.717, 1.165) is 37.3 Å². The van der Waals surface area contributed by atoms with Crippen LogP contribution in [-0.2, 0) is 14.8 Å². The third kappa shape index (κ3) is 5.09. The van der Waals surface area contributed by atoms with Crippen molar-refractivity contribution in [1.29, 1.82) is 0 Å². The minimum Gasteiger partial charge on any atom is -0.340 e. The van der Waals surface area contributed by atoms with Gasteiger partial charge in [-0.2, -0.15) is 0 Å². The Balaban J connectivity index is 1.45. The fraction of sp³-hybridized carbons (Fsp3) is 0.650. The molecule has 27 heavy (non-hydrogen) atoms. The van der Waals surface area contributed by atoms with Crippen LogP contribution < -0.4 is 4.72 Å². The summed E-state index contributed by atoms with van der Waals surface area (Å²) < 4.78 is 27.5. The van der Waals surface area contributed by atoms with Crippen molar-refractivity contribution in [2.75, 3.05) is 32.7 Å². The monoisotopic (exact) mass is 393 g/mol. The minimum atomic E-state index is -3.58. The lowest BCUT2D eigenvalue weighted by Crippen LogP contribution is -2.51. The van der Waals surface area contributed by atoms with E-state index in [4.69, 9.17) is 0 Å². The van der Waals surface area contributed by atoms with Crippen molar-refractivity contribution in [3.63, 3.8) is 0 Å². The second-order valence-electron chi connectivity index (χ2n) is 7.77. The number of carbonyl (C=O) groups excluding carboxylic acids is 1. The van der Waals surface area contributed by atoms with Crippen LogP contribution in [0.5, 0.6) is 0 Å². The molecule has 150 valence electrons. The Kier molecular flexibility index (Phi) is 6.55. The summed E-state index contributed by atoms with van der Waals surface area (Å²) in [6.45, 7) is 7.23. The van der Waals surface area contributed by atoms with Crippen LogP contribution in [0.1, 0.15) is 43.2 Å². The number of sulfonamides is 1. The second kappa shape index (κ2) is 8.71. The summed E-state index contributed by atoms with van der Waals surface area (Å²) in [7, 11) is -3.58. The number of hydrogen-bond acceptors (Lipinski definition) is 4. The molecule has 0 aromatic heterocycles. The lowest BCUT2D eigenvalue weighted by molar-refractivity contribution is -0.133. The molecule has 1 N–H and O–H groups in total. The first-order valence-electron chi connectivity index (χ1n) is 9.95. The summed E-state index contributed by atoms with van der Waals surface area (Å²) in [5.74, 6) is 0.0319. The topological polar surface area (TPSA) is 69.7 Å². The van der Waals surface area contributed by atoms with Gasteiger partial charge in [0, 0.05) is 45.2 Å². The number of nitrogens with zero attached hydrogens (tertiary/aromatic N) is 2. The number of aryl methyl sites for hydroxylation is 2. The van der Waals surface area contributed by atoms with Crippen LogP contribution in [0.3, 0.4) is 0 Å². The van der Waals surface area contributed by atoms with Crippen LogP contribution in [0.4, 0.5) is 0 Å². The molecule has 0 bridgehead atoms. The maximum absolute atomic E-state index is 12.5. The van der Waals surface area contributed by atoms with E-state index >= 15 is 0 Å². The molecule has 0 radical (unpaired) electrons. The van der Waals surface area contributed by atoms with E-state index in [-0.39, 0.29) is 23.8 Å². The summed E-state index contributed by atoms with van der Waals surface area (Å²) in [5.41, 5.74) is 1.75. The van der Waals surface area contributed by atoms with Gasteiger partial charge in [-0.05, 0) is 38.3 Å². The van der Waals surface area contributed by atoms with Gasteiger partial charge in [-0.3, -0.25) is 9.69 Å². The average Bonchev–Trinajstić information content (AvgIpc) is 3.16. The predicted molar refractivity (Wildman–Crippen MR) is 106 cm³/mol. The number of piperazine rings is 1. The molecule has 1 saturated carbocycles. The smallest absolute Gasteiger partial charge is 0.240 e. The third-order valence-corrected chi connectivity index (χ3v) is 7.38. The van der Waals surface area contributed by atoms with Gasteiger partial charge in [0.05, 0.1) is 4.90 Å². The van der Waals surface area contributed by atoms with E-state index in [1.807, 2.05) is 17.9 Å². The Bertz CT molecular complexity index is 765. The standard InChI is InChI=1S/C20H31N3O3S/c1-16-7-8-19(17(2)15-16)27(25,26)21-10-9-20(24)23-13-11-22(12-14-23)18-5-3-4-6-18/h7-8,15,18,21H,3-6,9-14H2,1-2H3. The van der Waals surface area contributed by atoms with E-state index in [1.165, 1.54) is 25.7 Å². The van der Waals surface area contributed by atoms with Crippen molar-refractivity contribution in [2.24, 2.45) is 0 Å². The highest BCUT2D eigenvalue weighted by Gasteiger charge is 2.27. The van der Waals surface area contributed by atoms with Crippen LogP contribution in [0, 0.1) is 13.8 Å². The molecule has 0 spiro atoms.